The lowest BCUT2D eigenvalue weighted by Gasteiger charge is -2.30. The Morgan fingerprint density at radius 1 is 1.12 bits per heavy atom. The first-order valence-corrected chi connectivity index (χ1v) is 8.43. The van der Waals surface area contributed by atoms with Gasteiger partial charge in [-0.1, -0.05) is 0 Å². The fourth-order valence-corrected chi connectivity index (χ4v) is 3.08. The smallest absolute Gasteiger partial charge is 0.369 e. The van der Waals surface area contributed by atoms with Crippen molar-refractivity contribution in [3.8, 4) is 0 Å². The summed E-state index contributed by atoms with van der Waals surface area (Å²) in [5.41, 5.74) is 2.45. The monoisotopic (exact) mass is 362 g/mol. The molecule has 0 spiro atoms. The molecule has 7 heteroatoms. The van der Waals surface area contributed by atoms with Crippen molar-refractivity contribution in [1.82, 2.24) is 5.32 Å². The highest BCUT2D eigenvalue weighted by molar-refractivity contribution is 5.89. The first-order chi connectivity index (χ1) is 12.4. The highest BCUT2D eigenvalue weighted by Gasteiger charge is 2.31. The van der Waals surface area contributed by atoms with Crippen LogP contribution in [-0.4, -0.2) is 32.4 Å². The fourth-order valence-electron chi connectivity index (χ4n) is 3.08. The molecule has 0 atom stereocenters. The van der Waals surface area contributed by atoms with E-state index in [4.69, 9.17) is 5.41 Å². The molecule has 0 radical (unpaired) electrons. The van der Waals surface area contributed by atoms with E-state index in [9.17, 15) is 13.2 Å². The summed E-state index contributed by atoms with van der Waals surface area (Å²) in [6.45, 7) is 5.21. The molecule has 4 nitrogen and oxygen atoms in total. The molecule has 1 heterocycles. The Morgan fingerprint density at radius 2 is 1.85 bits per heavy atom. The maximum Gasteiger partial charge on any atom is 0.416 e. The lowest BCUT2D eigenvalue weighted by molar-refractivity contribution is -0.137. The van der Waals surface area contributed by atoms with Crippen LogP contribution < -0.4 is 15.5 Å². The Bertz CT molecular complexity index is 796. The molecule has 0 unspecified atom stereocenters. The molecule has 1 aliphatic heterocycles. The molecule has 3 rings (SSSR count). The van der Waals surface area contributed by atoms with Gasteiger partial charge in [0.15, 0.2) is 0 Å². The van der Waals surface area contributed by atoms with Gasteiger partial charge in [-0.3, -0.25) is 0 Å². The van der Waals surface area contributed by atoms with Crippen molar-refractivity contribution in [2.75, 3.05) is 36.4 Å². The maximum absolute atomic E-state index is 13.0. The van der Waals surface area contributed by atoms with Crippen molar-refractivity contribution >= 4 is 23.3 Å². The Kier molecular flexibility index (Phi) is 5.18. The van der Waals surface area contributed by atoms with Crippen LogP contribution in [0.25, 0.3) is 0 Å². The Balaban J connectivity index is 1.88. The van der Waals surface area contributed by atoms with Gasteiger partial charge >= 0.3 is 6.18 Å². The highest BCUT2D eigenvalue weighted by Crippen LogP contribution is 2.33. The summed E-state index contributed by atoms with van der Waals surface area (Å²) < 4.78 is 39.0. The number of benzene rings is 2. The van der Waals surface area contributed by atoms with Gasteiger partial charge in [-0.15, -0.1) is 0 Å². The SMILES string of the molecule is Cc1cc(Nc2ccc(N3CCNCC3)cc2C=N)cc(C(F)(F)F)c1. The van der Waals surface area contributed by atoms with Gasteiger partial charge in [-0.2, -0.15) is 13.2 Å². The molecule has 2 aromatic rings. The van der Waals surface area contributed by atoms with E-state index in [-0.39, 0.29) is 0 Å². The third kappa shape index (κ3) is 4.16. The first kappa shape index (κ1) is 18.3. The number of halogens is 3. The number of hydrogen-bond donors (Lipinski definition) is 3. The Hall–Kier alpha value is -2.54. The zero-order valence-corrected chi connectivity index (χ0v) is 14.5. The predicted octanol–water partition coefficient (Wildman–Crippen LogP) is 4.16. The number of alkyl halides is 3. The topological polar surface area (TPSA) is 51.1 Å². The number of nitrogens with zero attached hydrogens (tertiary/aromatic N) is 1. The van der Waals surface area contributed by atoms with Crippen molar-refractivity contribution in [2.24, 2.45) is 0 Å². The van der Waals surface area contributed by atoms with E-state index in [1.165, 1.54) is 6.21 Å². The third-order valence-electron chi connectivity index (χ3n) is 4.36. The molecule has 3 N–H and O–H groups in total. The first-order valence-electron chi connectivity index (χ1n) is 8.43. The number of hydrogen-bond acceptors (Lipinski definition) is 4. The second kappa shape index (κ2) is 7.37. The molecule has 1 aliphatic rings. The number of nitrogens with one attached hydrogen (secondary N) is 3. The average molecular weight is 362 g/mol. The number of anilines is 3. The lowest BCUT2D eigenvalue weighted by Crippen LogP contribution is -2.43. The standard InChI is InChI=1S/C19H21F3N4/c1-13-8-15(19(20,21)22)11-16(9-13)25-18-3-2-17(10-14(18)12-23)26-6-4-24-5-7-26/h2-3,8-12,23-25H,4-7H2,1H3. The molecule has 0 saturated carbocycles. The molecular formula is C19H21F3N4. The van der Waals surface area contributed by atoms with Gasteiger partial charge < -0.3 is 20.9 Å². The van der Waals surface area contributed by atoms with E-state index >= 15 is 0 Å². The van der Waals surface area contributed by atoms with E-state index in [2.05, 4.69) is 15.5 Å². The van der Waals surface area contributed by atoms with Crippen molar-refractivity contribution in [3.05, 3.63) is 53.1 Å². The van der Waals surface area contributed by atoms with E-state index in [1.54, 1.807) is 13.0 Å². The number of aryl methyl sites for hydroxylation is 1. The lowest BCUT2D eigenvalue weighted by atomic mass is 10.1. The Labute approximate surface area is 150 Å². The van der Waals surface area contributed by atoms with Crippen LogP contribution in [0.2, 0.25) is 0 Å². The van der Waals surface area contributed by atoms with Crippen LogP contribution in [0.1, 0.15) is 16.7 Å². The zero-order chi connectivity index (χ0) is 18.7. The van der Waals surface area contributed by atoms with Crippen LogP contribution in [0.4, 0.5) is 30.2 Å². The van der Waals surface area contributed by atoms with Gasteiger partial charge in [0, 0.05) is 55.0 Å². The van der Waals surface area contributed by atoms with Gasteiger partial charge in [0.2, 0.25) is 0 Å². The second-order valence-electron chi connectivity index (χ2n) is 6.36. The normalized spacial score (nSPS) is 15.0. The summed E-state index contributed by atoms with van der Waals surface area (Å²) in [6.07, 6.45) is -3.17. The van der Waals surface area contributed by atoms with E-state index in [0.717, 1.165) is 44.0 Å². The predicted molar refractivity (Wildman–Crippen MR) is 98.9 cm³/mol. The summed E-state index contributed by atoms with van der Waals surface area (Å²) in [6, 6.07) is 9.50. The number of rotatable bonds is 4. The van der Waals surface area contributed by atoms with Gasteiger partial charge in [-0.05, 0) is 48.9 Å². The highest BCUT2D eigenvalue weighted by atomic mass is 19.4. The van der Waals surface area contributed by atoms with Crippen molar-refractivity contribution in [1.29, 1.82) is 5.41 Å². The van der Waals surface area contributed by atoms with Gasteiger partial charge in [0.05, 0.1) is 5.56 Å². The third-order valence-corrected chi connectivity index (χ3v) is 4.36. The minimum atomic E-state index is -4.39. The van der Waals surface area contributed by atoms with Gasteiger partial charge in [-0.25, -0.2) is 0 Å². The van der Waals surface area contributed by atoms with Gasteiger partial charge in [0.1, 0.15) is 0 Å². The number of piperazine rings is 1. The summed E-state index contributed by atoms with van der Waals surface area (Å²) in [5, 5.41) is 14.0. The molecule has 1 fully saturated rings. The van der Waals surface area contributed by atoms with Crippen LogP contribution in [0.5, 0.6) is 0 Å². The second-order valence-corrected chi connectivity index (χ2v) is 6.36. The fraction of sp³-hybridized carbons (Fsp3) is 0.316. The molecule has 0 aromatic heterocycles. The van der Waals surface area contributed by atoms with Gasteiger partial charge in [0.25, 0.3) is 0 Å². The van der Waals surface area contributed by atoms with Crippen LogP contribution >= 0.6 is 0 Å². The van der Waals surface area contributed by atoms with E-state index in [0.29, 0.717) is 22.5 Å². The molecule has 26 heavy (non-hydrogen) atoms. The van der Waals surface area contributed by atoms with Crippen molar-refractivity contribution in [2.45, 2.75) is 13.1 Å². The summed E-state index contributed by atoms with van der Waals surface area (Å²) in [5.74, 6) is 0. The van der Waals surface area contributed by atoms with E-state index < -0.39 is 11.7 Å². The zero-order valence-electron chi connectivity index (χ0n) is 14.5. The summed E-state index contributed by atoms with van der Waals surface area (Å²) in [4.78, 5) is 2.22. The van der Waals surface area contributed by atoms with Crippen LogP contribution in [0.3, 0.4) is 0 Å². The summed E-state index contributed by atoms with van der Waals surface area (Å²) in [7, 11) is 0. The summed E-state index contributed by atoms with van der Waals surface area (Å²) >= 11 is 0. The molecule has 0 aliphatic carbocycles. The van der Waals surface area contributed by atoms with Crippen molar-refractivity contribution in [3.63, 3.8) is 0 Å². The molecular weight excluding hydrogens is 341 g/mol. The largest absolute Gasteiger partial charge is 0.416 e. The van der Waals surface area contributed by atoms with Crippen LogP contribution in [0, 0.1) is 12.3 Å². The molecule has 0 bridgehead atoms. The average Bonchev–Trinajstić information content (AvgIpc) is 2.61. The quantitative estimate of drug-likeness (QED) is 0.716. The van der Waals surface area contributed by atoms with Crippen molar-refractivity contribution < 1.29 is 13.2 Å². The molecule has 2 aromatic carbocycles. The minimum Gasteiger partial charge on any atom is -0.369 e. The molecule has 1 saturated heterocycles. The van der Waals surface area contributed by atoms with Crippen LogP contribution in [-0.2, 0) is 6.18 Å². The minimum absolute atomic E-state index is 0.357. The molecule has 0 amide bonds. The van der Waals surface area contributed by atoms with E-state index in [1.807, 2.05) is 18.2 Å². The Morgan fingerprint density at radius 3 is 2.50 bits per heavy atom. The maximum atomic E-state index is 13.0. The van der Waals surface area contributed by atoms with Crippen LogP contribution in [0.15, 0.2) is 36.4 Å². The molecule has 138 valence electrons.